The standard InChI is InChI=1S/C12H17ClN2/c1-15-8-6-9-10(12(15)5-7-14)3-2-4-11(9)13/h2-4,12H,5-8,14H2,1H3. The molecule has 0 spiro atoms. The van der Waals surface area contributed by atoms with Gasteiger partial charge in [0.05, 0.1) is 0 Å². The lowest BCUT2D eigenvalue weighted by atomic mass is 9.91. The molecule has 1 aliphatic rings. The molecule has 1 unspecified atom stereocenters. The van der Waals surface area contributed by atoms with Crippen LogP contribution in [-0.4, -0.2) is 25.0 Å². The number of nitrogens with two attached hydrogens (primary N) is 1. The fraction of sp³-hybridized carbons (Fsp3) is 0.500. The van der Waals surface area contributed by atoms with Gasteiger partial charge in [0.1, 0.15) is 0 Å². The van der Waals surface area contributed by atoms with Gasteiger partial charge in [-0.05, 0) is 43.6 Å². The van der Waals surface area contributed by atoms with E-state index in [0.29, 0.717) is 6.04 Å². The number of likely N-dealkylation sites (N-methyl/N-ethyl adjacent to an activating group) is 1. The molecular formula is C12H17ClN2. The van der Waals surface area contributed by atoms with Crippen LogP contribution >= 0.6 is 11.6 Å². The first-order valence-electron chi connectivity index (χ1n) is 5.41. The lowest BCUT2D eigenvalue weighted by Gasteiger charge is -2.34. The molecule has 0 saturated heterocycles. The van der Waals surface area contributed by atoms with Crippen LogP contribution in [0.2, 0.25) is 5.02 Å². The largest absolute Gasteiger partial charge is 0.330 e. The molecule has 2 nitrogen and oxygen atoms in total. The Labute approximate surface area is 96.0 Å². The molecule has 15 heavy (non-hydrogen) atoms. The molecule has 0 saturated carbocycles. The van der Waals surface area contributed by atoms with Crippen LogP contribution in [0.1, 0.15) is 23.6 Å². The Morgan fingerprint density at radius 2 is 2.33 bits per heavy atom. The normalized spacial score (nSPS) is 21.4. The van der Waals surface area contributed by atoms with Crippen molar-refractivity contribution < 1.29 is 0 Å². The molecule has 1 aliphatic heterocycles. The molecule has 2 rings (SSSR count). The topological polar surface area (TPSA) is 29.3 Å². The van der Waals surface area contributed by atoms with Gasteiger partial charge in [-0.25, -0.2) is 0 Å². The van der Waals surface area contributed by atoms with Crippen LogP contribution in [0.15, 0.2) is 18.2 Å². The summed E-state index contributed by atoms with van der Waals surface area (Å²) < 4.78 is 0. The lowest BCUT2D eigenvalue weighted by molar-refractivity contribution is 0.222. The van der Waals surface area contributed by atoms with E-state index < -0.39 is 0 Å². The molecule has 82 valence electrons. The molecule has 0 aliphatic carbocycles. The summed E-state index contributed by atoms with van der Waals surface area (Å²) in [5.74, 6) is 0. The van der Waals surface area contributed by atoms with Crippen LogP contribution < -0.4 is 5.73 Å². The van der Waals surface area contributed by atoms with E-state index in [2.05, 4.69) is 18.0 Å². The second-order valence-corrected chi connectivity index (χ2v) is 4.54. The molecular weight excluding hydrogens is 208 g/mol. The van der Waals surface area contributed by atoms with Crippen molar-refractivity contribution in [3.05, 3.63) is 34.3 Å². The monoisotopic (exact) mass is 224 g/mol. The number of benzene rings is 1. The van der Waals surface area contributed by atoms with Gasteiger partial charge in [0.2, 0.25) is 0 Å². The van der Waals surface area contributed by atoms with Crippen molar-refractivity contribution in [3.63, 3.8) is 0 Å². The van der Waals surface area contributed by atoms with Crippen LogP contribution in [0, 0.1) is 0 Å². The van der Waals surface area contributed by atoms with Gasteiger partial charge in [0, 0.05) is 17.6 Å². The van der Waals surface area contributed by atoms with E-state index in [1.165, 1.54) is 11.1 Å². The second-order valence-electron chi connectivity index (χ2n) is 4.13. The Bertz CT molecular complexity index is 351. The third kappa shape index (κ3) is 2.03. The maximum Gasteiger partial charge on any atom is 0.0441 e. The van der Waals surface area contributed by atoms with Crippen molar-refractivity contribution >= 4 is 11.6 Å². The molecule has 0 aromatic heterocycles. The quantitative estimate of drug-likeness (QED) is 0.835. The summed E-state index contributed by atoms with van der Waals surface area (Å²) in [6, 6.07) is 6.63. The Hall–Kier alpha value is -0.570. The number of hydrogen-bond donors (Lipinski definition) is 1. The zero-order valence-electron chi connectivity index (χ0n) is 9.04. The SMILES string of the molecule is CN1CCc2c(Cl)cccc2C1CCN. The van der Waals surface area contributed by atoms with E-state index in [1.807, 2.05) is 12.1 Å². The Balaban J connectivity index is 2.39. The molecule has 1 aromatic carbocycles. The third-order valence-corrected chi connectivity index (χ3v) is 3.55. The highest BCUT2D eigenvalue weighted by Gasteiger charge is 2.24. The van der Waals surface area contributed by atoms with Crippen molar-refractivity contribution in [1.82, 2.24) is 4.90 Å². The number of hydrogen-bond acceptors (Lipinski definition) is 2. The highest BCUT2D eigenvalue weighted by atomic mass is 35.5. The summed E-state index contributed by atoms with van der Waals surface area (Å²) in [6.07, 6.45) is 2.05. The van der Waals surface area contributed by atoms with Crippen LogP contribution in [-0.2, 0) is 6.42 Å². The van der Waals surface area contributed by atoms with Crippen LogP contribution in [0.4, 0.5) is 0 Å². The van der Waals surface area contributed by atoms with E-state index >= 15 is 0 Å². The highest BCUT2D eigenvalue weighted by molar-refractivity contribution is 6.31. The molecule has 0 fully saturated rings. The Morgan fingerprint density at radius 3 is 3.07 bits per heavy atom. The fourth-order valence-electron chi connectivity index (χ4n) is 2.37. The summed E-state index contributed by atoms with van der Waals surface area (Å²) in [6.45, 7) is 1.79. The van der Waals surface area contributed by atoms with Gasteiger partial charge < -0.3 is 5.73 Å². The molecule has 1 heterocycles. The summed E-state index contributed by atoms with van der Waals surface area (Å²) >= 11 is 6.21. The Kier molecular flexibility index (Phi) is 3.29. The minimum Gasteiger partial charge on any atom is -0.330 e. The summed E-state index contributed by atoms with van der Waals surface area (Å²) in [7, 11) is 2.16. The number of rotatable bonds is 2. The zero-order valence-corrected chi connectivity index (χ0v) is 9.80. The summed E-state index contributed by atoms with van der Waals surface area (Å²) in [5, 5.41) is 0.905. The van der Waals surface area contributed by atoms with E-state index in [0.717, 1.165) is 31.0 Å². The molecule has 2 N–H and O–H groups in total. The maximum absolute atomic E-state index is 6.21. The highest BCUT2D eigenvalue weighted by Crippen LogP contribution is 2.34. The minimum absolute atomic E-state index is 0.442. The van der Waals surface area contributed by atoms with Gasteiger partial charge in [0.15, 0.2) is 0 Å². The average Bonchev–Trinajstić information content (AvgIpc) is 2.23. The molecule has 1 atom stereocenters. The van der Waals surface area contributed by atoms with Crippen molar-refractivity contribution in [2.75, 3.05) is 20.1 Å². The Morgan fingerprint density at radius 1 is 1.53 bits per heavy atom. The van der Waals surface area contributed by atoms with Gasteiger partial charge >= 0.3 is 0 Å². The summed E-state index contributed by atoms with van der Waals surface area (Å²) in [4.78, 5) is 2.37. The fourth-order valence-corrected chi connectivity index (χ4v) is 2.64. The minimum atomic E-state index is 0.442. The molecule has 3 heteroatoms. The molecule has 0 bridgehead atoms. The van der Waals surface area contributed by atoms with Crippen LogP contribution in [0.3, 0.4) is 0 Å². The van der Waals surface area contributed by atoms with Crippen molar-refractivity contribution in [2.45, 2.75) is 18.9 Å². The van der Waals surface area contributed by atoms with Crippen LogP contribution in [0.5, 0.6) is 0 Å². The van der Waals surface area contributed by atoms with Gasteiger partial charge in [-0.1, -0.05) is 23.7 Å². The lowest BCUT2D eigenvalue weighted by Crippen LogP contribution is -2.33. The number of nitrogens with zero attached hydrogens (tertiary/aromatic N) is 1. The number of halogens is 1. The van der Waals surface area contributed by atoms with Gasteiger partial charge in [0.25, 0.3) is 0 Å². The van der Waals surface area contributed by atoms with Crippen molar-refractivity contribution in [2.24, 2.45) is 5.73 Å². The van der Waals surface area contributed by atoms with E-state index in [-0.39, 0.29) is 0 Å². The van der Waals surface area contributed by atoms with Gasteiger partial charge in [-0.3, -0.25) is 4.90 Å². The molecule has 0 radical (unpaired) electrons. The predicted octanol–water partition coefficient (Wildman–Crippen LogP) is 2.22. The molecule has 0 amide bonds. The predicted molar refractivity (Wildman–Crippen MR) is 64.2 cm³/mol. The third-order valence-electron chi connectivity index (χ3n) is 3.20. The number of fused-ring (bicyclic) bond motifs is 1. The first-order valence-corrected chi connectivity index (χ1v) is 5.79. The molecule has 1 aromatic rings. The van der Waals surface area contributed by atoms with E-state index in [4.69, 9.17) is 17.3 Å². The van der Waals surface area contributed by atoms with Gasteiger partial charge in [-0.2, -0.15) is 0 Å². The first-order chi connectivity index (χ1) is 7.24. The maximum atomic E-state index is 6.21. The van der Waals surface area contributed by atoms with Crippen molar-refractivity contribution in [3.8, 4) is 0 Å². The second kappa shape index (κ2) is 4.52. The zero-order chi connectivity index (χ0) is 10.8. The van der Waals surface area contributed by atoms with Gasteiger partial charge in [-0.15, -0.1) is 0 Å². The van der Waals surface area contributed by atoms with Crippen LogP contribution in [0.25, 0.3) is 0 Å². The van der Waals surface area contributed by atoms with E-state index in [9.17, 15) is 0 Å². The smallest absolute Gasteiger partial charge is 0.0441 e. The van der Waals surface area contributed by atoms with Crippen molar-refractivity contribution in [1.29, 1.82) is 0 Å². The summed E-state index contributed by atoms with van der Waals surface area (Å²) in [5.41, 5.74) is 8.34. The average molecular weight is 225 g/mol. The van der Waals surface area contributed by atoms with E-state index in [1.54, 1.807) is 0 Å². The first kappa shape index (κ1) is 10.9.